The summed E-state index contributed by atoms with van der Waals surface area (Å²) < 4.78 is 4.80. The Balaban J connectivity index is 1.52. The minimum absolute atomic E-state index is 0.182. The van der Waals surface area contributed by atoms with Crippen LogP contribution in [0.5, 0.6) is 0 Å². The zero-order chi connectivity index (χ0) is 21.1. The Morgan fingerprint density at radius 1 is 1.10 bits per heavy atom. The largest absolute Gasteiger partial charge is 0.465 e. The topological polar surface area (TPSA) is 70.7 Å². The second kappa shape index (κ2) is 8.71. The number of anilines is 2. The number of ether oxygens (including phenoxy) is 1. The number of carbonyl (C=O) groups is 2. The SMILES string of the molecule is COC(=O)c1ccc2c(c1)/C(=C(\C)Nc1ccc(CN3CCCCC3)cc1)C(=O)N2. The van der Waals surface area contributed by atoms with Crippen LogP contribution in [0.3, 0.4) is 0 Å². The molecule has 2 aliphatic heterocycles. The Bertz CT molecular complexity index is 989. The molecule has 4 rings (SSSR count). The first-order valence-corrected chi connectivity index (χ1v) is 10.4. The minimum atomic E-state index is -0.425. The quantitative estimate of drug-likeness (QED) is 0.575. The van der Waals surface area contributed by atoms with Gasteiger partial charge in [-0.15, -0.1) is 0 Å². The second-order valence-electron chi connectivity index (χ2n) is 7.86. The molecule has 1 amide bonds. The standard InChI is InChI=1S/C24H27N3O3/c1-16(22-20-14-18(24(29)30-2)8-11-21(20)26-23(22)28)25-19-9-6-17(7-10-19)15-27-12-4-3-5-13-27/h6-11,14,25H,3-5,12-13,15H2,1-2H3,(H,26,28)/b22-16-. The monoisotopic (exact) mass is 405 g/mol. The van der Waals surface area contributed by atoms with E-state index in [0.717, 1.165) is 17.9 Å². The van der Waals surface area contributed by atoms with Crippen LogP contribution in [0.4, 0.5) is 11.4 Å². The van der Waals surface area contributed by atoms with Crippen molar-refractivity contribution in [3.63, 3.8) is 0 Å². The maximum Gasteiger partial charge on any atom is 0.337 e. The number of nitrogens with zero attached hydrogens (tertiary/aromatic N) is 1. The lowest BCUT2D eigenvalue weighted by Gasteiger charge is -2.26. The van der Waals surface area contributed by atoms with Gasteiger partial charge in [-0.05, 0) is 68.8 Å². The van der Waals surface area contributed by atoms with Gasteiger partial charge < -0.3 is 15.4 Å². The minimum Gasteiger partial charge on any atom is -0.465 e. The number of esters is 1. The number of benzene rings is 2. The molecule has 1 saturated heterocycles. The van der Waals surface area contributed by atoms with Crippen LogP contribution in [-0.2, 0) is 16.1 Å². The highest BCUT2D eigenvalue weighted by Gasteiger charge is 2.27. The van der Waals surface area contributed by atoms with Crippen LogP contribution in [-0.4, -0.2) is 37.0 Å². The fourth-order valence-electron chi connectivity index (χ4n) is 4.13. The number of likely N-dealkylation sites (tertiary alicyclic amines) is 1. The average Bonchev–Trinajstić information content (AvgIpc) is 3.10. The highest BCUT2D eigenvalue weighted by molar-refractivity contribution is 6.32. The number of amides is 1. The van der Waals surface area contributed by atoms with Crippen LogP contribution < -0.4 is 10.6 Å². The van der Waals surface area contributed by atoms with E-state index < -0.39 is 5.97 Å². The Kier molecular flexibility index (Phi) is 5.86. The molecule has 0 radical (unpaired) electrons. The summed E-state index contributed by atoms with van der Waals surface area (Å²) in [6.07, 6.45) is 3.91. The van der Waals surface area contributed by atoms with Crippen LogP contribution in [0.25, 0.3) is 5.57 Å². The van der Waals surface area contributed by atoms with E-state index in [2.05, 4.69) is 27.7 Å². The average molecular weight is 405 g/mol. The van der Waals surface area contributed by atoms with E-state index in [4.69, 9.17) is 4.74 Å². The van der Waals surface area contributed by atoms with Crippen LogP contribution in [0.15, 0.2) is 48.2 Å². The van der Waals surface area contributed by atoms with Gasteiger partial charge in [0.25, 0.3) is 5.91 Å². The maximum absolute atomic E-state index is 12.6. The molecule has 30 heavy (non-hydrogen) atoms. The van der Waals surface area contributed by atoms with E-state index >= 15 is 0 Å². The Hall–Kier alpha value is -3.12. The molecule has 2 N–H and O–H groups in total. The number of rotatable bonds is 5. The molecule has 2 heterocycles. The lowest BCUT2D eigenvalue weighted by atomic mass is 10.0. The smallest absolute Gasteiger partial charge is 0.337 e. The third-order valence-corrected chi connectivity index (χ3v) is 5.70. The maximum atomic E-state index is 12.6. The van der Waals surface area contributed by atoms with E-state index in [1.54, 1.807) is 18.2 Å². The predicted molar refractivity (Wildman–Crippen MR) is 118 cm³/mol. The highest BCUT2D eigenvalue weighted by Crippen LogP contribution is 2.35. The van der Waals surface area contributed by atoms with Crippen molar-refractivity contribution in [3.05, 3.63) is 64.9 Å². The van der Waals surface area contributed by atoms with Gasteiger partial charge in [0.2, 0.25) is 0 Å². The first-order valence-electron chi connectivity index (χ1n) is 10.4. The van der Waals surface area contributed by atoms with Crippen molar-refractivity contribution < 1.29 is 14.3 Å². The molecule has 2 aliphatic rings. The van der Waals surface area contributed by atoms with E-state index in [9.17, 15) is 9.59 Å². The summed E-state index contributed by atoms with van der Waals surface area (Å²) >= 11 is 0. The lowest BCUT2D eigenvalue weighted by Crippen LogP contribution is -2.29. The van der Waals surface area contributed by atoms with Crippen molar-refractivity contribution in [1.29, 1.82) is 0 Å². The summed E-state index contributed by atoms with van der Waals surface area (Å²) in [7, 11) is 1.34. The van der Waals surface area contributed by atoms with Crippen molar-refractivity contribution in [2.75, 3.05) is 30.8 Å². The summed E-state index contributed by atoms with van der Waals surface area (Å²) in [4.78, 5) is 26.9. The van der Waals surface area contributed by atoms with Crippen LogP contribution >= 0.6 is 0 Å². The third kappa shape index (κ3) is 4.24. The molecule has 0 atom stereocenters. The molecule has 2 aromatic rings. The zero-order valence-electron chi connectivity index (χ0n) is 17.5. The number of carbonyl (C=O) groups excluding carboxylic acids is 2. The molecule has 156 valence electrons. The van der Waals surface area contributed by atoms with Gasteiger partial charge >= 0.3 is 5.97 Å². The van der Waals surface area contributed by atoms with Gasteiger partial charge in [0, 0.05) is 29.2 Å². The van der Waals surface area contributed by atoms with Crippen molar-refractivity contribution in [1.82, 2.24) is 4.90 Å². The molecule has 0 aliphatic carbocycles. The first kappa shape index (κ1) is 20.2. The summed E-state index contributed by atoms with van der Waals surface area (Å²) in [6, 6.07) is 13.4. The van der Waals surface area contributed by atoms with Gasteiger partial charge in [-0.1, -0.05) is 18.6 Å². The zero-order valence-corrected chi connectivity index (χ0v) is 17.5. The van der Waals surface area contributed by atoms with Gasteiger partial charge in [0.1, 0.15) is 0 Å². The molecule has 0 spiro atoms. The normalized spacial score (nSPS) is 17.9. The molecule has 2 aromatic carbocycles. The molecule has 0 aromatic heterocycles. The number of nitrogens with one attached hydrogen (secondary N) is 2. The number of piperidine rings is 1. The summed E-state index contributed by atoms with van der Waals surface area (Å²) in [5.74, 6) is -0.606. The predicted octanol–water partition coefficient (Wildman–Crippen LogP) is 4.25. The van der Waals surface area contributed by atoms with E-state index in [0.29, 0.717) is 22.4 Å². The molecule has 6 heteroatoms. The van der Waals surface area contributed by atoms with Gasteiger partial charge in [-0.2, -0.15) is 0 Å². The van der Waals surface area contributed by atoms with Gasteiger partial charge in [-0.25, -0.2) is 4.79 Å². The molecular weight excluding hydrogens is 378 g/mol. The molecular formula is C24H27N3O3. The fraction of sp³-hybridized carbons (Fsp3) is 0.333. The number of hydrogen-bond donors (Lipinski definition) is 2. The van der Waals surface area contributed by atoms with Crippen molar-refractivity contribution >= 4 is 28.8 Å². The lowest BCUT2D eigenvalue weighted by molar-refractivity contribution is -0.110. The van der Waals surface area contributed by atoms with E-state index in [-0.39, 0.29) is 5.91 Å². The molecule has 0 bridgehead atoms. The van der Waals surface area contributed by atoms with Crippen molar-refractivity contribution in [3.8, 4) is 0 Å². The molecule has 0 saturated carbocycles. The second-order valence-corrected chi connectivity index (χ2v) is 7.86. The van der Waals surface area contributed by atoms with Crippen LogP contribution in [0.2, 0.25) is 0 Å². The molecule has 1 fully saturated rings. The highest BCUT2D eigenvalue weighted by atomic mass is 16.5. The third-order valence-electron chi connectivity index (χ3n) is 5.70. The van der Waals surface area contributed by atoms with Crippen molar-refractivity contribution in [2.24, 2.45) is 0 Å². The van der Waals surface area contributed by atoms with Crippen LogP contribution in [0.1, 0.15) is 47.7 Å². The molecule has 0 unspecified atom stereocenters. The van der Waals surface area contributed by atoms with Gasteiger partial charge in [0.15, 0.2) is 0 Å². The number of fused-ring (bicyclic) bond motifs is 1. The fourth-order valence-corrected chi connectivity index (χ4v) is 4.13. The summed E-state index contributed by atoms with van der Waals surface area (Å²) in [5.41, 5.74) is 5.30. The van der Waals surface area contributed by atoms with Crippen molar-refractivity contribution in [2.45, 2.75) is 32.7 Å². The van der Waals surface area contributed by atoms with E-state index in [1.165, 1.54) is 45.0 Å². The van der Waals surface area contributed by atoms with Gasteiger partial charge in [0.05, 0.1) is 18.2 Å². The summed E-state index contributed by atoms with van der Waals surface area (Å²) in [6.45, 7) is 5.20. The summed E-state index contributed by atoms with van der Waals surface area (Å²) in [5, 5.41) is 6.20. The number of hydrogen-bond acceptors (Lipinski definition) is 5. The van der Waals surface area contributed by atoms with Gasteiger partial charge in [-0.3, -0.25) is 9.69 Å². The molecule has 6 nitrogen and oxygen atoms in total. The first-order chi connectivity index (χ1) is 14.5. The number of allylic oxidation sites excluding steroid dienone is 1. The Morgan fingerprint density at radius 2 is 1.83 bits per heavy atom. The van der Waals surface area contributed by atoms with Crippen LogP contribution in [0, 0.1) is 0 Å². The number of methoxy groups -OCH3 is 1. The van der Waals surface area contributed by atoms with E-state index in [1.807, 2.05) is 19.1 Å². The Labute approximate surface area is 176 Å². The Morgan fingerprint density at radius 3 is 2.53 bits per heavy atom.